The van der Waals surface area contributed by atoms with Crippen LogP contribution in [0.2, 0.25) is 0 Å². The van der Waals surface area contributed by atoms with Crippen molar-refractivity contribution in [2.75, 3.05) is 23.7 Å². The van der Waals surface area contributed by atoms with E-state index in [2.05, 4.69) is 44.1 Å². The van der Waals surface area contributed by atoms with Crippen LogP contribution in [0.4, 0.5) is 11.6 Å². The van der Waals surface area contributed by atoms with Crippen molar-refractivity contribution in [3.8, 4) is 0 Å². The van der Waals surface area contributed by atoms with Crippen LogP contribution in [-0.4, -0.2) is 38.8 Å². The van der Waals surface area contributed by atoms with E-state index in [1.165, 1.54) is 11.1 Å². The molecule has 6 rings (SSSR count). The van der Waals surface area contributed by atoms with E-state index in [0.717, 1.165) is 43.6 Å². The average molecular weight is 442 g/mol. The predicted molar refractivity (Wildman–Crippen MR) is 125 cm³/mol. The Morgan fingerprint density at radius 3 is 2.58 bits per heavy atom. The Morgan fingerprint density at radius 2 is 1.82 bits per heavy atom. The molecule has 8 heteroatoms. The summed E-state index contributed by atoms with van der Waals surface area (Å²) in [5.41, 5.74) is 17.9. The molecule has 0 bridgehead atoms. The molecule has 1 amide bonds. The summed E-state index contributed by atoms with van der Waals surface area (Å²) in [6, 6.07) is 12.5. The molecule has 3 aliphatic rings. The number of nitrogen functional groups attached to an aromatic ring is 1. The number of fused-ring (bicyclic) bond motifs is 2. The summed E-state index contributed by atoms with van der Waals surface area (Å²) in [6.07, 6.45) is 6.43. The summed E-state index contributed by atoms with van der Waals surface area (Å²) in [5.74, 6) is 0.679. The average Bonchev–Trinajstić information content (AvgIpc) is 3.39. The first-order chi connectivity index (χ1) is 16.0. The lowest BCUT2D eigenvalue weighted by molar-refractivity contribution is 0.0745. The molecule has 4 heterocycles. The second-order valence-electron chi connectivity index (χ2n) is 9.44. The van der Waals surface area contributed by atoms with Crippen LogP contribution in [0.5, 0.6) is 0 Å². The zero-order valence-corrected chi connectivity index (χ0v) is 18.4. The van der Waals surface area contributed by atoms with Crippen LogP contribution in [0, 0.1) is 5.41 Å². The third-order valence-corrected chi connectivity index (χ3v) is 7.64. The van der Waals surface area contributed by atoms with Gasteiger partial charge in [0.2, 0.25) is 0 Å². The molecule has 1 spiro atoms. The van der Waals surface area contributed by atoms with Gasteiger partial charge in [-0.05, 0) is 47.4 Å². The van der Waals surface area contributed by atoms with Crippen molar-refractivity contribution in [2.24, 2.45) is 11.1 Å². The first kappa shape index (κ1) is 20.1. The number of carbonyl (C=O) groups is 1. The van der Waals surface area contributed by atoms with Gasteiger partial charge in [-0.25, -0.2) is 9.97 Å². The van der Waals surface area contributed by atoms with E-state index in [4.69, 9.17) is 11.5 Å². The quantitative estimate of drug-likeness (QED) is 0.628. The van der Waals surface area contributed by atoms with Crippen LogP contribution >= 0.6 is 0 Å². The minimum atomic E-state index is -0.211. The third-order valence-electron chi connectivity index (χ3n) is 7.64. The van der Waals surface area contributed by atoms with Gasteiger partial charge in [-0.1, -0.05) is 30.3 Å². The van der Waals surface area contributed by atoms with Crippen molar-refractivity contribution < 1.29 is 4.79 Å². The standard InChI is InChI=1S/C25H27N7O/c26-22-18-6-2-1-4-16(18)12-25(22)7-10-31(11-8-25)20-13-29-21(23(27)30-20)24(33)32-14-17-5-3-9-28-19(17)15-32/h1-6,9,13,22H,7-8,10-12,14-15,26H2,(H2,27,30)/t22-/m1/s1. The predicted octanol–water partition coefficient (Wildman–Crippen LogP) is 2.45. The van der Waals surface area contributed by atoms with Crippen LogP contribution in [0.15, 0.2) is 48.8 Å². The number of rotatable bonds is 2. The molecule has 168 valence electrons. The SMILES string of the molecule is Nc1nc(N2CCC3(CC2)Cc2ccccc2[C@H]3N)cnc1C(=O)N1Cc2cccnc2C1. The number of carbonyl (C=O) groups excluding carboxylic acids is 1. The number of nitrogens with two attached hydrogens (primary N) is 2. The Morgan fingerprint density at radius 1 is 1.03 bits per heavy atom. The van der Waals surface area contributed by atoms with E-state index < -0.39 is 0 Å². The molecule has 2 aromatic heterocycles. The first-order valence-electron chi connectivity index (χ1n) is 11.5. The van der Waals surface area contributed by atoms with Crippen LogP contribution in [0.25, 0.3) is 0 Å². The van der Waals surface area contributed by atoms with Gasteiger partial charge in [0.15, 0.2) is 11.5 Å². The van der Waals surface area contributed by atoms with Crippen molar-refractivity contribution in [1.29, 1.82) is 0 Å². The van der Waals surface area contributed by atoms with Gasteiger partial charge in [0, 0.05) is 31.9 Å². The zero-order chi connectivity index (χ0) is 22.6. The number of benzene rings is 1. The lowest BCUT2D eigenvalue weighted by atomic mass is 9.73. The molecule has 1 aliphatic carbocycles. The monoisotopic (exact) mass is 441 g/mol. The molecule has 4 N–H and O–H groups in total. The third kappa shape index (κ3) is 3.24. The minimum Gasteiger partial charge on any atom is -0.382 e. The highest BCUT2D eigenvalue weighted by Crippen LogP contribution is 2.50. The number of nitrogens with zero attached hydrogens (tertiary/aromatic N) is 5. The normalized spacial score (nSPS) is 20.7. The van der Waals surface area contributed by atoms with E-state index in [-0.39, 0.29) is 28.9 Å². The summed E-state index contributed by atoms with van der Waals surface area (Å²) in [7, 11) is 0. The summed E-state index contributed by atoms with van der Waals surface area (Å²) in [5, 5.41) is 0. The molecule has 8 nitrogen and oxygen atoms in total. The minimum absolute atomic E-state index is 0.0751. The van der Waals surface area contributed by atoms with Crippen LogP contribution < -0.4 is 16.4 Å². The fraction of sp³-hybridized carbons (Fsp3) is 0.360. The molecule has 1 aromatic carbocycles. The molecule has 33 heavy (non-hydrogen) atoms. The molecule has 0 radical (unpaired) electrons. The Balaban J connectivity index is 1.15. The van der Waals surface area contributed by atoms with Crippen molar-refractivity contribution in [1.82, 2.24) is 19.9 Å². The largest absolute Gasteiger partial charge is 0.382 e. The van der Waals surface area contributed by atoms with Gasteiger partial charge >= 0.3 is 0 Å². The molecular weight excluding hydrogens is 414 g/mol. The lowest BCUT2D eigenvalue weighted by Gasteiger charge is -2.42. The summed E-state index contributed by atoms with van der Waals surface area (Å²) in [4.78, 5) is 30.3. The van der Waals surface area contributed by atoms with E-state index in [9.17, 15) is 4.79 Å². The lowest BCUT2D eigenvalue weighted by Crippen LogP contribution is -2.44. The maximum absolute atomic E-state index is 13.0. The Bertz CT molecular complexity index is 1210. The number of piperidine rings is 1. The maximum atomic E-state index is 13.0. The molecule has 1 saturated heterocycles. The number of amides is 1. The Labute approximate surface area is 192 Å². The Kier molecular flexibility index (Phi) is 4.58. The van der Waals surface area contributed by atoms with E-state index in [1.54, 1.807) is 17.3 Å². The number of hydrogen-bond donors (Lipinski definition) is 2. The number of pyridine rings is 1. The van der Waals surface area contributed by atoms with Gasteiger partial charge in [-0.15, -0.1) is 0 Å². The van der Waals surface area contributed by atoms with E-state index in [0.29, 0.717) is 18.9 Å². The first-order valence-corrected chi connectivity index (χ1v) is 11.5. The zero-order valence-electron chi connectivity index (χ0n) is 18.4. The molecule has 2 aliphatic heterocycles. The van der Waals surface area contributed by atoms with Gasteiger partial charge in [-0.2, -0.15) is 0 Å². The van der Waals surface area contributed by atoms with Crippen molar-refractivity contribution in [3.05, 3.63) is 76.9 Å². The van der Waals surface area contributed by atoms with Gasteiger partial charge < -0.3 is 21.3 Å². The highest BCUT2D eigenvalue weighted by molar-refractivity contribution is 5.96. The second-order valence-corrected chi connectivity index (χ2v) is 9.44. The highest BCUT2D eigenvalue weighted by Gasteiger charge is 2.46. The second kappa shape index (κ2) is 7.52. The Hall–Kier alpha value is -3.52. The maximum Gasteiger partial charge on any atom is 0.276 e. The van der Waals surface area contributed by atoms with Crippen molar-refractivity contribution >= 4 is 17.5 Å². The summed E-state index contributed by atoms with van der Waals surface area (Å²) in [6.45, 7) is 2.67. The highest BCUT2D eigenvalue weighted by atomic mass is 16.2. The fourth-order valence-corrected chi connectivity index (χ4v) is 5.69. The molecule has 0 unspecified atom stereocenters. The van der Waals surface area contributed by atoms with Gasteiger partial charge in [-0.3, -0.25) is 9.78 Å². The molecule has 1 fully saturated rings. The number of aromatic nitrogens is 3. The molecule has 0 saturated carbocycles. The van der Waals surface area contributed by atoms with Crippen molar-refractivity contribution in [3.63, 3.8) is 0 Å². The summed E-state index contributed by atoms with van der Waals surface area (Å²) >= 11 is 0. The topological polar surface area (TPSA) is 114 Å². The van der Waals surface area contributed by atoms with Crippen LogP contribution in [-0.2, 0) is 19.5 Å². The van der Waals surface area contributed by atoms with Gasteiger partial charge in [0.25, 0.3) is 5.91 Å². The number of anilines is 2. The molecule has 3 aromatic rings. The van der Waals surface area contributed by atoms with Crippen LogP contribution in [0.1, 0.15) is 51.8 Å². The van der Waals surface area contributed by atoms with Gasteiger partial charge in [0.05, 0.1) is 18.4 Å². The summed E-state index contributed by atoms with van der Waals surface area (Å²) < 4.78 is 0. The van der Waals surface area contributed by atoms with E-state index in [1.807, 2.05) is 12.1 Å². The van der Waals surface area contributed by atoms with E-state index >= 15 is 0 Å². The smallest absolute Gasteiger partial charge is 0.276 e. The fourth-order valence-electron chi connectivity index (χ4n) is 5.69. The van der Waals surface area contributed by atoms with Crippen LogP contribution in [0.3, 0.4) is 0 Å². The van der Waals surface area contributed by atoms with Crippen molar-refractivity contribution in [2.45, 2.75) is 38.4 Å². The molecule has 1 atom stereocenters. The van der Waals surface area contributed by atoms with Gasteiger partial charge in [0.1, 0.15) is 5.82 Å². The number of hydrogen-bond acceptors (Lipinski definition) is 7. The molecular formula is C25H27N7O.